The van der Waals surface area contributed by atoms with E-state index in [-0.39, 0.29) is 49.2 Å². The molecule has 11 nitrogen and oxygen atoms in total. The Labute approximate surface area is 322 Å². The second-order valence-electron chi connectivity index (χ2n) is 14.5. The Morgan fingerprint density at radius 3 is 2.16 bits per heavy atom. The largest absolute Gasteiger partial charge is 0.490 e. The summed E-state index contributed by atoms with van der Waals surface area (Å²) in [7, 11) is 1.74. The number of carbonyl (C=O) groups excluding carboxylic acids is 3. The van der Waals surface area contributed by atoms with Crippen LogP contribution in [0.1, 0.15) is 50.4 Å². The third-order valence-corrected chi connectivity index (χ3v) is 10.2. The maximum absolute atomic E-state index is 14.6. The van der Waals surface area contributed by atoms with E-state index in [9.17, 15) is 19.5 Å². The molecule has 0 aliphatic carbocycles. The number of amides is 5. The summed E-state index contributed by atoms with van der Waals surface area (Å²) in [6.07, 6.45) is 1.75. The lowest BCUT2D eigenvalue weighted by atomic mass is 10.0. The summed E-state index contributed by atoms with van der Waals surface area (Å²) in [6.45, 7) is 6.48. The minimum Gasteiger partial charge on any atom is -0.490 e. The van der Waals surface area contributed by atoms with E-state index in [1.165, 1.54) is 0 Å². The standard InChI is InChI=1S/C44H51N5O6/c1-29-26-49(30(2)28-50)42(51)37-25-34(45-43(52)46-38-20-11-16-32-14-5-7-18-35(32)38)22-23-40(37)55-31(3)13-9-10-24-54-41(29)27-48(4)44(53)47-39-21-12-17-33-15-6-8-19-36(33)39/h5-8,11-12,14-23,25,29-31,41,50H,9-10,13,24,26-28H2,1-4H3,(H,47,53)(H2,45,46,52)/t29-,30+,31-,41-/m1/s1. The van der Waals surface area contributed by atoms with Crippen LogP contribution in [-0.4, -0.2) is 84.5 Å². The van der Waals surface area contributed by atoms with Gasteiger partial charge in [0.15, 0.2) is 0 Å². The number of likely N-dealkylation sites (N-methyl/N-ethyl adjacent to an activating group) is 1. The molecule has 4 N–H and O–H groups in total. The molecule has 55 heavy (non-hydrogen) atoms. The molecule has 5 aromatic rings. The average molecular weight is 746 g/mol. The van der Waals surface area contributed by atoms with Crippen molar-refractivity contribution < 1.29 is 29.0 Å². The van der Waals surface area contributed by atoms with E-state index in [4.69, 9.17) is 9.47 Å². The Morgan fingerprint density at radius 2 is 1.49 bits per heavy atom. The predicted octanol–water partition coefficient (Wildman–Crippen LogP) is 8.60. The van der Waals surface area contributed by atoms with Crippen molar-refractivity contribution in [2.45, 2.75) is 58.3 Å². The zero-order chi connectivity index (χ0) is 38.9. The Hall–Kier alpha value is -5.65. The van der Waals surface area contributed by atoms with E-state index in [0.717, 1.165) is 46.5 Å². The first-order valence-electron chi connectivity index (χ1n) is 19.0. The molecule has 1 aliphatic heterocycles. The summed E-state index contributed by atoms with van der Waals surface area (Å²) in [6, 6.07) is 31.0. The number of hydrogen-bond donors (Lipinski definition) is 4. The van der Waals surface area contributed by atoms with Gasteiger partial charge in [-0.05, 0) is 74.2 Å². The summed E-state index contributed by atoms with van der Waals surface area (Å²) in [5.74, 6) is -0.189. The molecule has 5 aromatic carbocycles. The first kappa shape index (κ1) is 39.1. The first-order valence-corrected chi connectivity index (χ1v) is 19.0. The fourth-order valence-electron chi connectivity index (χ4n) is 6.98. The van der Waals surface area contributed by atoms with Gasteiger partial charge in [0.25, 0.3) is 5.91 Å². The molecule has 0 unspecified atom stereocenters. The van der Waals surface area contributed by atoms with Crippen LogP contribution in [-0.2, 0) is 4.74 Å². The summed E-state index contributed by atoms with van der Waals surface area (Å²) in [4.78, 5) is 44.6. The lowest BCUT2D eigenvalue weighted by molar-refractivity contribution is -0.0115. The Morgan fingerprint density at radius 1 is 0.855 bits per heavy atom. The topological polar surface area (TPSA) is 132 Å². The van der Waals surface area contributed by atoms with Gasteiger partial charge >= 0.3 is 12.1 Å². The molecule has 0 spiro atoms. The molecule has 0 aromatic heterocycles. The van der Waals surface area contributed by atoms with Gasteiger partial charge in [0, 0.05) is 49.1 Å². The van der Waals surface area contributed by atoms with Crippen LogP contribution in [0.15, 0.2) is 103 Å². The van der Waals surface area contributed by atoms with E-state index in [1.54, 1.807) is 42.0 Å². The van der Waals surface area contributed by atoms with Crippen LogP contribution in [0, 0.1) is 5.92 Å². The van der Waals surface area contributed by atoms with Crippen LogP contribution in [0.25, 0.3) is 21.5 Å². The third kappa shape index (κ3) is 9.72. The molecule has 4 atom stereocenters. The molecule has 1 heterocycles. The highest BCUT2D eigenvalue weighted by atomic mass is 16.5. The number of aliphatic hydroxyl groups excluding tert-OH is 1. The van der Waals surface area contributed by atoms with Gasteiger partial charge in [-0.25, -0.2) is 9.59 Å². The fraction of sp³-hybridized carbons (Fsp3) is 0.341. The Bertz CT molecular complexity index is 2110. The average Bonchev–Trinajstić information content (AvgIpc) is 3.19. The van der Waals surface area contributed by atoms with Crippen LogP contribution in [0.5, 0.6) is 5.75 Å². The minimum atomic E-state index is -0.549. The van der Waals surface area contributed by atoms with E-state index in [0.29, 0.717) is 23.7 Å². The monoisotopic (exact) mass is 745 g/mol. The normalized spacial score (nSPS) is 18.7. The van der Waals surface area contributed by atoms with Crippen LogP contribution in [0.3, 0.4) is 0 Å². The quantitative estimate of drug-likeness (QED) is 0.132. The number of hydrogen-bond acceptors (Lipinski definition) is 6. The summed E-state index contributed by atoms with van der Waals surface area (Å²) < 4.78 is 12.8. The molecule has 0 radical (unpaired) electrons. The van der Waals surface area contributed by atoms with E-state index in [2.05, 4.69) is 16.0 Å². The van der Waals surface area contributed by atoms with Crippen molar-refractivity contribution in [1.29, 1.82) is 0 Å². The van der Waals surface area contributed by atoms with Gasteiger partial charge in [-0.2, -0.15) is 0 Å². The maximum Gasteiger partial charge on any atom is 0.323 e. The van der Waals surface area contributed by atoms with Crippen molar-refractivity contribution in [3.05, 3.63) is 109 Å². The second-order valence-corrected chi connectivity index (χ2v) is 14.5. The van der Waals surface area contributed by atoms with Gasteiger partial charge < -0.3 is 40.3 Å². The number of urea groups is 2. The van der Waals surface area contributed by atoms with Gasteiger partial charge in [-0.3, -0.25) is 4.79 Å². The van der Waals surface area contributed by atoms with E-state index >= 15 is 0 Å². The fourth-order valence-corrected chi connectivity index (χ4v) is 6.98. The number of nitrogens with one attached hydrogen (secondary N) is 3. The first-order chi connectivity index (χ1) is 26.6. The molecule has 288 valence electrons. The number of rotatable bonds is 7. The second kappa shape index (κ2) is 18.1. The van der Waals surface area contributed by atoms with Gasteiger partial charge in [-0.15, -0.1) is 0 Å². The van der Waals surface area contributed by atoms with Crippen LogP contribution in [0.2, 0.25) is 0 Å². The van der Waals surface area contributed by atoms with Crippen LogP contribution >= 0.6 is 0 Å². The zero-order valence-corrected chi connectivity index (χ0v) is 32.0. The molecule has 0 fully saturated rings. The highest BCUT2D eigenvalue weighted by Crippen LogP contribution is 2.30. The highest BCUT2D eigenvalue weighted by molar-refractivity contribution is 6.07. The number of aliphatic hydroxyl groups is 1. The number of fused-ring (bicyclic) bond motifs is 3. The summed E-state index contributed by atoms with van der Waals surface area (Å²) in [5, 5.41) is 23.1. The predicted molar refractivity (Wildman–Crippen MR) is 219 cm³/mol. The van der Waals surface area contributed by atoms with Gasteiger partial charge in [0.05, 0.1) is 41.8 Å². The van der Waals surface area contributed by atoms with Gasteiger partial charge in [0.1, 0.15) is 5.75 Å². The number of carbonyl (C=O) groups is 3. The van der Waals surface area contributed by atoms with Crippen LogP contribution in [0.4, 0.5) is 26.7 Å². The van der Waals surface area contributed by atoms with Crippen molar-refractivity contribution in [2.75, 3.05) is 49.3 Å². The maximum atomic E-state index is 14.6. The van der Waals surface area contributed by atoms with E-state index < -0.39 is 18.2 Å². The lowest BCUT2D eigenvalue weighted by Crippen LogP contribution is -2.48. The van der Waals surface area contributed by atoms with Crippen molar-refractivity contribution in [3.8, 4) is 5.75 Å². The number of ether oxygens (including phenoxy) is 2. The number of nitrogens with zero attached hydrogens (tertiary/aromatic N) is 2. The Kier molecular flexibility index (Phi) is 12.9. The van der Waals surface area contributed by atoms with Crippen molar-refractivity contribution in [1.82, 2.24) is 9.80 Å². The third-order valence-electron chi connectivity index (χ3n) is 10.2. The highest BCUT2D eigenvalue weighted by Gasteiger charge is 2.31. The lowest BCUT2D eigenvalue weighted by Gasteiger charge is -2.35. The smallest absolute Gasteiger partial charge is 0.323 e. The number of benzene rings is 5. The van der Waals surface area contributed by atoms with Crippen molar-refractivity contribution in [2.24, 2.45) is 5.92 Å². The van der Waals surface area contributed by atoms with Gasteiger partial charge in [0.2, 0.25) is 0 Å². The van der Waals surface area contributed by atoms with Crippen LogP contribution < -0.4 is 20.7 Å². The minimum absolute atomic E-state index is 0.203. The molecule has 0 saturated heterocycles. The molecule has 1 aliphatic rings. The molecular weight excluding hydrogens is 695 g/mol. The van der Waals surface area contributed by atoms with Crippen molar-refractivity contribution >= 4 is 56.6 Å². The summed E-state index contributed by atoms with van der Waals surface area (Å²) in [5.41, 5.74) is 2.06. The molecule has 5 amide bonds. The summed E-state index contributed by atoms with van der Waals surface area (Å²) >= 11 is 0. The number of anilines is 3. The molecular formula is C44H51N5O6. The zero-order valence-electron chi connectivity index (χ0n) is 32.0. The SMILES string of the molecule is C[C@@H]1CCCCO[C@H](CN(C)C(=O)Nc2cccc3ccccc23)[C@H](C)CN([C@@H](C)CO)C(=O)c2cc(NC(=O)Nc3cccc4ccccc34)ccc2O1. The molecule has 11 heteroatoms. The van der Waals surface area contributed by atoms with Crippen molar-refractivity contribution in [3.63, 3.8) is 0 Å². The Balaban J connectivity index is 1.22. The molecule has 0 saturated carbocycles. The van der Waals surface area contributed by atoms with Gasteiger partial charge in [-0.1, -0.05) is 79.7 Å². The van der Waals surface area contributed by atoms with E-state index in [1.807, 2.05) is 98.8 Å². The molecule has 0 bridgehead atoms. The molecule has 6 rings (SSSR count).